The third kappa shape index (κ3) is 4.96. The van der Waals surface area contributed by atoms with Gasteiger partial charge in [0.15, 0.2) is 0 Å². The maximum absolute atomic E-state index is 11.1. The first-order valence-corrected chi connectivity index (χ1v) is 9.23. The predicted octanol–water partition coefficient (Wildman–Crippen LogP) is 3.07. The molecule has 1 aliphatic rings. The van der Waals surface area contributed by atoms with Crippen molar-refractivity contribution in [3.05, 3.63) is 22.2 Å². The lowest BCUT2D eigenvalue weighted by Gasteiger charge is -2.21. The molecular formula is C13H20N4O2S2. The van der Waals surface area contributed by atoms with Gasteiger partial charge in [-0.1, -0.05) is 6.92 Å². The second-order valence-corrected chi connectivity index (χ2v) is 7.25. The van der Waals surface area contributed by atoms with Crippen molar-refractivity contribution in [2.75, 3.05) is 41.0 Å². The Hall–Kier alpha value is -1.15. The molecule has 0 amide bonds. The lowest BCUT2D eigenvalue weighted by Crippen LogP contribution is -2.24. The minimum Gasteiger partial charge on any atom is -0.370 e. The molecule has 1 aliphatic heterocycles. The molecule has 0 aromatic carbocycles. The van der Waals surface area contributed by atoms with E-state index >= 15 is 0 Å². The summed E-state index contributed by atoms with van der Waals surface area (Å²) in [5.74, 6) is 4.45. The number of aromatic nitrogens is 1. The lowest BCUT2D eigenvalue weighted by molar-refractivity contribution is -0.384. The van der Waals surface area contributed by atoms with E-state index in [0.29, 0.717) is 23.4 Å². The van der Waals surface area contributed by atoms with Crippen LogP contribution in [-0.2, 0) is 0 Å². The molecule has 1 unspecified atom stereocenters. The monoisotopic (exact) mass is 328 g/mol. The van der Waals surface area contributed by atoms with Crippen molar-refractivity contribution in [3.8, 4) is 0 Å². The van der Waals surface area contributed by atoms with Crippen LogP contribution >= 0.6 is 23.5 Å². The molecule has 0 spiro atoms. The Labute approximate surface area is 133 Å². The van der Waals surface area contributed by atoms with Crippen LogP contribution < -0.4 is 10.6 Å². The highest BCUT2D eigenvalue weighted by molar-refractivity contribution is 8.06. The van der Waals surface area contributed by atoms with E-state index in [1.165, 1.54) is 11.8 Å². The van der Waals surface area contributed by atoms with Gasteiger partial charge in [0, 0.05) is 41.7 Å². The molecule has 21 heavy (non-hydrogen) atoms. The van der Waals surface area contributed by atoms with Crippen molar-refractivity contribution in [3.63, 3.8) is 0 Å². The van der Waals surface area contributed by atoms with E-state index in [1.807, 2.05) is 23.5 Å². The third-order valence-electron chi connectivity index (χ3n) is 3.01. The van der Waals surface area contributed by atoms with E-state index in [4.69, 9.17) is 0 Å². The molecule has 1 aromatic heterocycles. The van der Waals surface area contributed by atoms with Crippen LogP contribution in [0.15, 0.2) is 12.1 Å². The van der Waals surface area contributed by atoms with E-state index in [9.17, 15) is 10.1 Å². The van der Waals surface area contributed by atoms with Gasteiger partial charge in [-0.25, -0.2) is 4.98 Å². The average molecular weight is 328 g/mol. The first kappa shape index (κ1) is 16.2. The zero-order chi connectivity index (χ0) is 15.1. The maximum atomic E-state index is 11.1. The second-order valence-electron chi connectivity index (χ2n) is 4.70. The van der Waals surface area contributed by atoms with Crippen LogP contribution in [0.1, 0.15) is 13.3 Å². The standard InChI is InChI=1S/C13H20N4O2S2/c1-2-5-14-12-4-3-11(17(18)19)13(16-12)15-8-10-9-20-6-7-21-10/h3-4,10H,2,5-9H2,1H3,(H2,14,15,16). The Morgan fingerprint density at radius 3 is 2.95 bits per heavy atom. The molecule has 2 heterocycles. The molecule has 8 heteroatoms. The molecule has 1 fully saturated rings. The topological polar surface area (TPSA) is 80.1 Å². The second kappa shape index (κ2) is 8.33. The highest BCUT2D eigenvalue weighted by Crippen LogP contribution is 2.27. The maximum Gasteiger partial charge on any atom is 0.311 e. The fourth-order valence-electron chi connectivity index (χ4n) is 1.95. The van der Waals surface area contributed by atoms with E-state index < -0.39 is 0 Å². The number of hydrogen-bond donors (Lipinski definition) is 2. The molecule has 2 rings (SSSR count). The molecule has 0 aliphatic carbocycles. The number of thioether (sulfide) groups is 2. The number of anilines is 2. The Kier molecular flexibility index (Phi) is 6.44. The Bertz CT molecular complexity index is 481. The van der Waals surface area contributed by atoms with Gasteiger partial charge in [-0.2, -0.15) is 23.5 Å². The summed E-state index contributed by atoms with van der Waals surface area (Å²) >= 11 is 3.85. The number of rotatable bonds is 7. The largest absolute Gasteiger partial charge is 0.370 e. The molecular weight excluding hydrogens is 308 g/mol. The molecule has 1 aromatic rings. The summed E-state index contributed by atoms with van der Waals surface area (Å²) in [5.41, 5.74) is 0.0329. The average Bonchev–Trinajstić information content (AvgIpc) is 2.51. The van der Waals surface area contributed by atoms with Crippen molar-refractivity contribution in [1.82, 2.24) is 4.98 Å². The van der Waals surface area contributed by atoms with Crippen molar-refractivity contribution in [2.24, 2.45) is 0 Å². The molecule has 1 saturated heterocycles. The van der Waals surface area contributed by atoms with Gasteiger partial charge < -0.3 is 10.6 Å². The van der Waals surface area contributed by atoms with E-state index in [-0.39, 0.29) is 10.6 Å². The summed E-state index contributed by atoms with van der Waals surface area (Å²) in [6.45, 7) is 3.58. The minimum atomic E-state index is -0.387. The first-order chi connectivity index (χ1) is 10.2. The van der Waals surface area contributed by atoms with Gasteiger partial charge in [0.05, 0.1) is 4.92 Å². The Morgan fingerprint density at radius 2 is 2.29 bits per heavy atom. The zero-order valence-electron chi connectivity index (χ0n) is 12.0. The van der Waals surface area contributed by atoms with Crippen LogP contribution in [0.5, 0.6) is 0 Å². The van der Waals surface area contributed by atoms with Crippen LogP contribution in [0, 0.1) is 10.1 Å². The molecule has 0 radical (unpaired) electrons. The quantitative estimate of drug-likeness (QED) is 0.588. The number of nitrogens with zero attached hydrogens (tertiary/aromatic N) is 2. The van der Waals surface area contributed by atoms with Gasteiger partial charge in [-0.3, -0.25) is 10.1 Å². The number of nitrogens with one attached hydrogen (secondary N) is 2. The third-order valence-corrected chi connectivity index (χ3v) is 5.85. The molecule has 0 bridgehead atoms. The van der Waals surface area contributed by atoms with Gasteiger partial charge in [0.25, 0.3) is 0 Å². The minimum absolute atomic E-state index is 0.0329. The van der Waals surface area contributed by atoms with E-state index in [1.54, 1.807) is 6.07 Å². The van der Waals surface area contributed by atoms with Gasteiger partial charge >= 0.3 is 5.69 Å². The first-order valence-electron chi connectivity index (χ1n) is 7.03. The predicted molar refractivity (Wildman–Crippen MR) is 91.7 cm³/mol. The Balaban J connectivity index is 2.04. The number of hydrogen-bond acceptors (Lipinski definition) is 7. The molecule has 116 valence electrons. The van der Waals surface area contributed by atoms with Gasteiger partial charge in [-0.15, -0.1) is 0 Å². The smallest absolute Gasteiger partial charge is 0.311 e. The fourth-order valence-corrected chi connectivity index (χ4v) is 4.56. The summed E-state index contributed by atoms with van der Waals surface area (Å²) in [6, 6.07) is 3.17. The lowest BCUT2D eigenvalue weighted by atomic mass is 10.3. The highest BCUT2D eigenvalue weighted by Gasteiger charge is 2.19. The van der Waals surface area contributed by atoms with E-state index in [0.717, 1.165) is 24.5 Å². The summed E-state index contributed by atoms with van der Waals surface area (Å²) in [7, 11) is 0. The van der Waals surface area contributed by atoms with Crippen LogP contribution in [0.2, 0.25) is 0 Å². The molecule has 2 N–H and O–H groups in total. The SMILES string of the molecule is CCCNc1ccc([N+](=O)[O-])c(NCC2CSCCS2)n1. The molecule has 0 saturated carbocycles. The van der Waals surface area contributed by atoms with Crippen molar-refractivity contribution in [1.29, 1.82) is 0 Å². The number of nitro groups is 1. The van der Waals surface area contributed by atoms with E-state index in [2.05, 4.69) is 22.5 Å². The molecule has 6 nitrogen and oxygen atoms in total. The van der Waals surface area contributed by atoms with Crippen LogP contribution in [0.3, 0.4) is 0 Å². The van der Waals surface area contributed by atoms with Crippen LogP contribution in [0.4, 0.5) is 17.3 Å². The Morgan fingerprint density at radius 1 is 1.43 bits per heavy atom. The van der Waals surface area contributed by atoms with Gasteiger partial charge in [0.1, 0.15) is 5.82 Å². The summed E-state index contributed by atoms with van der Waals surface area (Å²) in [6.07, 6.45) is 0.983. The number of pyridine rings is 1. The highest BCUT2D eigenvalue weighted by atomic mass is 32.2. The van der Waals surface area contributed by atoms with Gasteiger partial charge in [-0.05, 0) is 12.5 Å². The normalized spacial score (nSPS) is 18.2. The van der Waals surface area contributed by atoms with Crippen molar-refractivity contribution >= 4 is 40.8 Å². The van der Waals surface area contributed by atoms with Crippen LogP contribution in [0.25, 0.3) is 0 Å². The van der Waals surface area contributed by atoms with Gasteiger partial charge in [0.2, 0.25) is 5.82 Å². The van der Waals surface area contributed by atoms with Crippen molar-refractivity contribution in [2.45, 2.75) is 18.6 Å². The fraction of sp³-hybridized carbons (Fsp3) is 0.615. The molecule has 1 atom stereocenters. The summed E-state index contributed by atoms with van der Waals surface area (Å²) < 4.78 is 0. The van der Waals surface area contributed by atoms with Crippen molar-refractivity contribution < 1.29 is 4.92 Å². The zero-order valence-corrected chi connectivity index (χ0v) is 13.6. The van der Waals surface area contributed by atoms with Crippen LogP contribution in [-0.4, -0.2) is 45.5 Å². The summed E-state index contributed by atoms with van der Waals surface area (Å²) in [4.78, 5) is 15.0. The summed E-state index contributed by atoms with van der Waals surface area (Å²) in [5, 5.41) is 17.9.